The molecule has 0 aliphatic carbocycles. The lowest BCUT2D eigenvalue weighted by molar-refractivity contribution is -0.890. The van der Waals surface area contributed by atoms with E-state index in [1.54, 1.807) is 6.07 Å². The number of hydrogen-bond acceptors (Lipinski definition) is 2. The lowest BCUT2D eigenvalue weighted by atomic mass is 10.1. The van der Waals surface area contributed by atoms with Crippen LogP contribution in [0.5, 0.6) is 5.75 Å². The monoisotopic (exact) mass is 375 g/mol. The molecular weight excluding hydrogens is 348 g/mol. The third-order valence-corrected chi connectivity index (χ3v) is 4.71. The molecule has 1 amide bonds. The van der Waals surface area contributed by atoms with Crippen molar-refractivity contribution in [2.45, 2.75) is 12.6 Å². The van der Waals surface area contributed by atoms with Crippen molar-refractivity contribution in [3.8, 4) is 5.75 Å². The standard InChI is InChI=1S/C24H26N2O2/c1-26(2)23(20-12-7-4-8-13-20)17-25-24(27)21-14-9-15-22(16-21)28-18-19-10-5-3-6-11-19/h3-16,23H,17-18H2,1-2H3,(H,25,27)/p+1/t23-/m0/s1. The summed E-state index contributed by atoms with van der Waals surface area (Å²) in [6.45, 7) is 1.05. The lowest BCUT2D eigenvalue weighted by Crippen LogP contribution is -3.07. The number of carbonyl (C=O) groups is 1. The van der Waals surface area contributed by atoms with Gasteiger partial charge in [0.15, 0.2) is 0 Å². The van der Waals surface area contributed by atoms with Crippen molar-refractivity contribution in [3.05, 3.63) is 102 Å². The first-order chi connectivity index (χ1) is 13.6. The van der Waals surface area contributed by atoms with Crippen LogP contribution in [0.3, 0.4) is 0 Å². The molecule has 0 spiro atoms. The third-order valence-electron chi connectivity index (χ3n) is 4.71. The summed E-state index contributed by atoms with van der Waals surface area (Å²) >= 11 is 0. The largest absolute Gasteiger partial charge is 0.489 e. The number of hydrogen-bond donors (Lipinski definition) is 2. The summed E-state index contributed by atoms with van der Waals surface area (Å²) in [5.41, 5.74) is 2.91. The van der Waals surface area contributed by atoms with Crippen LogP contribution < -0.4 is 15.0 Å². The maximum atomic E-state index is 12.7. The zero-order valence-corrected chi connectivity index (χ0v) is 16.4. The normalized spacial score (nSPS) is 11.8. The van der Waals surface area contributed by atoms with Crippen molar-refractivity contribution in [2.24, 2.45) is 0 Å². The summed E-state index contributed by atoms with van der Waals surface area (Å²) in [5, 5.41) is 3.06. The average molecular weight is 375 g/mol. The van der Waals surface area contributed by atoms with E-state index in [1.165, 1.54) is 10.5 Å². The van der Waals surface area contributed by atoms with Crippen molar-refractivity contribution in [3.63, 3.8) is 0 Å². The van der Waals surface area contributed by atoms with E-state index in [-0.39, 0.29) is 11.9 Å². The minimum atomic E-state index is -0.0904. The number of benzene rings is 3. The van der Waals surface area contributed by atoms with Gasteiger partial charge in [-0.2, -0.15) is 0 Å². The average Bonchev–Trinajstić information content (AvgIpc) is 2.74. The van der Waals surface area contributed by atoms with Gasteiger partial charge in [-0.25, -0.2) is 0 Å². The molecular formula is C24H27N2O2+. The van der Waals surface area contributed by atoms with Crippen LogP contribution in [0.1, 0.15) is 27.5 Å². The molecule has 28 heavy (non-hydrogen) atoms. The number of carbonyl (C=O) groups excluding carboxylic acids is 1. The van der Waals surface area contributed by atoms with Gasteiger partial charge in [0.2, 0.25) is 0 Å². The highest BCUT2D eigenvalue weighted by molar-refractivity contribution is 5.94. The van der Waals surface area contributed by atoms with Crippen molar-refractivity contribution in [1.82, 2.24) is 5.32 Å². The van der Waals surface area contributed by atoms with Gasteiger partial charge in [0.25, 0.3) is 5.91 Å². The molecule has 0 bridgehead atoms. The Kier molecular flexibility index (Phi) is 6.82. The molecule has 4 nitrogen and oxygen atoms in total. The Morgan fingerprint density at radius 3 is 2.29 bits per heavy atom. The summed E-state index contributed by atoms with van der Waals surface area (Å²) in [7, 11) is 4.20. The van der Waals surface area contributed by atoms with Crippen molar-refractivity contribution in [1.29, 1.82) is 0 Å². The molecule has 3 aromatic rings. The van der Waals surface area contributed by atoms with E-state index in [1.807, 2.05) is 66.7 Å². The molecule has 144 valence electrons. The molecule has 0 saturated carbocycles. The lowest BCUT2D eigenvalue weighted by Gasteiger charge is -2.22. The van der Waals surface area contributed by atoms with Crippen LogP contribution in [0.4, 0.5) is 0 Å². The number of nitrogens with one attached hydrogen (secondary N) is 2. The SMILES string of the molecule is C[NH+](C)[C@@H](CNC(=O)c1cccc(OCc2ccccc2)c1)c1ccccc1. The second kappa shape index (κ2) is 9.72. The van der Waals surface area contributed by atoms with E-state index in [9.17, 15) is 4.79 Å². The van der Waals surface area contributed by atoms with Gasteiger partial charge in [0.05, 0.1) is 20.6 Å². The molecule has 2 N–H and O–H groups in total. The maximum absolute atomic E-state index is 12.7. The molecule has 0 aliphatic heterocycles. The third kappa shape index (κ3) is 5.44. The van der Waals surface area contributed by atoms with E-state index in [2.05, 4.69) is 31.5 Å². The molecule has 0 unspecified atom stereocenters. The predicted octanol–water partition coefficient (Wildman–Crippen LogP) is 2.88. The topological polar surface area (TPSA) is 42.8 Å². The molecule has 0 aromatic heterocycles. The van der Waals surface area contributed by atoms with Gasteiger partial charge in [0.1, 0.15) is 18.4 Å². The number of rotatable bonds is 8. The fraction of sp³-hybridized carbons (Fsp3) is 0.208. The molecule has 4 heteroatoms. The smallest absolute Gasteiger partial charge is 0.251 e. The van der Waals surface area contributed by atoms with Crippen LogP contribution in [0, 0.1) is 0 Å². The fourth-order valence-electron chi connectivity index (χ4n) is 3.11. The quantitative estimate of drug-likeness (QED) is 0.636. The Balaban J connectivity index is 1.61. The summed E-state index contributed by atoms with van der Waals surface area (Å²) in [5.74, 6) is 0.599. The van der Waals surface area contributed by atoms with Gasteiger partial charge in [-0.05, 0) is 23.8 Å². The van der Waals surface area contributed by atoms with Crippen LogP contribution in [0.25, 0.3) is 0 Å². The van der Waals surface area contributed by atoms with Gasteiger partial charge >= 0.3 is 0 Å². The van der Waals surface area contributed by atoms with Gasteiger partial charge in [-0.15, -0.1) is 0 Å². The molecule has 3 aromatic carbocycles. The molecule has 0 fully saturated rings. The van der Waals surface area contributed by atoms with Crippen molar-refractivity contribution < 1.29 is 14.4 Å². The number of amides is 1. The number of likely N-dealkylation sites (N-methyl/N-ethyl adjacent to an activating group) is 1. The van der Waals surface area contributed by atoms with E-state index in [4.69, 9.17) is 4.74 Å². The Morgan fingerprint density at radius 1 is 0.929 bits per heavy atom. The number of quaternary nitrogens is 1. The van der Waals surface area contributed by atoms with Crippen molar-refractivity contribution >= 4 is 5.91 Å². The minimum Gasteiger partial charge on any atom is -0.489 e. The first-order valence-electron chi connectivity index (χ1n) is 9.53. The summed E-state index contributed by atoms with van der Waals surface area (Å²) in [4.78, 5) is 13.9. The Bertz CT molecular complexity index is 879. The van der Waals surface area contributed by atoms with E-state index in [0.29, 0.717) is 24.5 Å². The second-order valence-corrected chi connectivity index (χ2v) is 7.05. The van der Waals surface area contributed by atoms with E-state index in [0.717, 1.165) is 5.56 Å². The Labute approximate surface area is 166 Å². The molecule has 0 saturated heterocycles. The van der Waals surface area contributed by atoms with Crippen LogP contribution in [-0.2, 0) is 6.61 Å². The van der Waals surface area contributed by atoms with Crippen LogP contribution in [0.2, 0.25) is 0 Å². The molecule has 0 heterocycles. The highest BCUT2D eigenvalue weighted by Crippen LogP contribution is 2.16. The van der Waals surface area contributed by atoms with Gasteiger partial charge in [0, 0.05) is 11.1 Å². The summed E-state index contributed by atoms with van der Waals surface area (Å²) in [6, 6.07) is 27.8. The molecule has 0 radical (unpaired) electrons. The Morgan fingerprint density at radius 2 is 1.61 bits per heavy atom. The second-order valence-electron chi connectivity index (χ2n) is 7.05. The number of ether oxygens (including phenoxy) is 1. The van der Waals surface area contributed by atoms with Crippen LogP contribution in [-0.4, -0.2) is 26.5 Å². The van der Waals surface area contributed by atoms with Gasteiger partial charge in [-0.1, -0.05) is 66.7 Å². The highest BCUT2D eigenvalue weighted by Gasteiger charge is 2.19. The van der Waals surface area contributed by atoms with Crippen molar-refractivity contribution in [2.75, 3.05) is 20.6 Å². The Hall–Kier alpha value is -3.11. The van der Waals surface area contributed by atoms with Gasteiger partial charge in [-0.3, -0.25) is 4.79 Å². The first kappa shape index (κ1) is 19.6. The highest BCUT2D eigenvalue weighted by atomic mass is 16.5. The van der Waals surface area contributed by atoms with Crippen LogP contribution >= 0.6 is 0 Å². The molecule has 1 atom stereocenters. The zero-order chi connectivity index (χ0) is 19.8. The first-order valence-corrected chi connectivity index (χ1v) is 9.53. The maximum Gasteiger partial charge on any atom is 0.251 e. The van der Waals surface area contributed by atoms with Crippen LogP contribution in [0.15, 0.2) is 84.9 Å². The van der Waals surface area contributed by atoms with Gasteiger partial charge < -0.3 is 15.0 Å². The zero-order valence-electron chi connectivity index (χ0n) is 16.4. The fourth-order valence-corrected chi connectivity index (χ4v) is 3.11. The molecule has 3 rings (SSSR count). The summed E-state index contributed by atoms with van der Waals surface area (Å²) in [6.07, 6.45) is 0. The molecule has 0 aliphatic rings. The van der Waals surface area contributed by atoms with E-state index < -0.39 is 0 Å². The van der Waals surface area contributed by atoms with E-state index >= 15 is 0 Å². The predicted molar refractivity (Wildman–Crippen MR) is 112 cm³/mol. The summed E-state index contributed by atoms with van der Waals surface area (Å²) < 4.78 is 5.83. The minimum absolute atomic E-state index is 0.0904.